The molecule has 33 heavy (non-hydrogen) atoms. The molecule has 0 saturated carbocycles. The van der Waals surface area contributed by atoms with E-state index in [1.165, 1.54) is 28.0 Å². The molecule has 0 fully saturated rings. The van der Waals surface area contributed by atoms with Crippen molar-refractivity contribution in [3.8, 4) is 16.9 Å². The van der Waals surface area contributed by atoms with Crippen molar-refractivity contribution in [3.63, 3.8) is 0 Å². The number of aryl methyl sites for hydroxylation is 2. The summed E-state index contributed by atoms with van der Waals surface area (Å²) in [7, 11) is 0. The Morgan fingerprint density at radius 2 is 1.85 bits per heavy atom. The van der Waals surface area contributed by atoms with Gasteiger partial charge in [0.2, 0.25) is 0 Å². The zero-order valence-corrected chi connectivity index (χ0v) is 20.5. The summed E-state index contributed by atoms with van der Waals surface area (Å²) in [6, 6.07) is 13.1. The van der Waals surface area contributed by atoms with E-state index in [2.05, 4.69) is 85.9 Å². The van der Waals surface area contributed by atoms with E-state index in [9.17, 15) is 0 Å². The number of rotatable bonds is 6. The lowest BCUT2D eigenvalue weighted by atomic mass is 10.00. The number of hydrogen-bond acceptors (Lipinski definition) is 5. The molecule has 0 bridgehead atoms. The van der Waals surface area contributed by atoms with Crippen molar-refractivity contribution in [2.75, 3.05) is 18.1 Å². The molecule has 1 aromatic heterocycles. The number of hydrogen-bond donors (Lipinski definition) is 0. The highest BCUT2D eigenvalue weighted by Gasteiger charge is 2.20. The molecular weight excluding hydrogens is 408 g/mol. The molecule has 2 aromatic carbocycles. The van der Waals surface area contributed by atoms with Gasteiger partial charge >= 0.3 is 0 Å². The van der Waals surface area contributed by atoms with Crippen LogP contribution in [-0.4, -0.2) is 28.8 Å². The van der Waals surface area contributed by atoms with Crippen LogP contribution in [0.4, 0.5) is 11.5 Å². The molecule has 5 nitrogen and oxygen atoms in total. The molecular formula is C28H34N4O. The van der Waals surface area contributed by atoms with Crippen LogP contribution >= 0.6 is 0 Å². The van der Waals surface area contributed by atoms with Gasteiger partial charge in [0.15, 0.2) is 0 Å². The molecule has 5 heteroatoms. The third-order valence-electron chi connectivity index (χ3n) is 6.30. The van der Waals surface area contributed by atoms with Crippen molar-refractivity contribution < 1.29 is 4.74 Å². The van der Waals surface area contributed by atoms with Gasteiger partial charge in [-0.05, 0) is 68.5 Å². The van der Waals surface area contributed by atoms with Crippen LogP contribution in [0.15, 0.2) is 47.7 Å². The van der Waals surface area contributed by atoms with Crippen LogP contribution < -0.4 is 9.64 Å². The Hall–Kier alpha value is -3.21. The van der Waals surface area contributed by atoms with E-state index >= 15 is 0 Å². The standard InChI is InChI=1S/C28H34N4O/c1-6-8-20(4)31-26-16-23(10-9-19(26)3)22-11-12-27-24(15-22)17-32(13-14-33-27)28-21(5)25(7-2)29-18-30-28/h9-12,15-16,18H,6-8,13-14,17H2,1-5H3. The van der Waals surface area contributed by atoms with Gasteiger partial charge in [-0.3, -0.25) is 4.99 Å². The van der Waals surface area contributed by atoms with Gasteiger partial charge in [-0.15, -0.1) is 0 Å². The Morgan fingerprint density at radius 1 is 1.06 bits per heavy atom. The molecule has 0 atom stereocenters. The predicted molar refractivity (Wildman–Crippen MR) is 137 cm³/mol. The molecule has 1 aliphatic rings. The summed E-state index contributed by atoms with van der Waals surface area (Å²) in [5.41, 5.74) is 9.21. The molecule has 0 radical (unpaired) electrons. The fraction of sp³-hybridized carbons (Fsp3) is 0.393. The number of benzene rings is 2. The van der Waals surface area contributed by atoms with Gasteiger partial charge in [0, 0.05) is 29.1 Å². The average molecular weight is 443 g/mol. The van der Waals surface area contributed by atoms with Crippen molar-refractivity contribution >= 4 is 17.2 Å². The van der Waals surface area contributed by atoms with Crippen LogP contribution in [-0.2, 0) is 13.0 Å². The van der Waals surface area contributed by atoms with Gasteiger partial charge in [-0.1, -0.05) is 38.5 Å². The van der Waals surface area contributed by atoms with Gasteiger partial charge < -0.3 is 9.64 Å². The zero-order chi connectivity index (χ0) is 23.4. The number of fused-ring (bicyclic) bond motifs is 1. The highest BCUT2D eigenvalue weighted by molar-refractivity contribution is 5.85. The largest absolute Gasteiger partial charge is 0.491 e. The third-order valence-corrected chi connectivity index (χ3v) is 6.30. The van der Waals surface area contributed by atoms with Crippen molar-refractivity contribution in [1.29, 1.82) is 0 Å². The van der Waals surface area contributed by atoms with Crippen molar-refractivity contribution in [3.05, 3.63) is 65.1 Å². The lowest BCUT2D eigenvalue weighted by molar-refractivity contribution is 0.331. The van der Waals surface area contributed by atoms with E-state index in [1.807, 2.05) is 0 Å². The molecule has 172 valence electrons. The summed E-state index contributed by atoms with van der Waals surface area (Å²) in [6.07, 6.45) is 4.72. The maximum absolute atomic E-state index is 6.10. The van der Waals surface area contributed by atoms with E-state index in [1.54, 1.807) is 6.33 Å². The average Bonchev–Trinajstić information content (AvgIpc) is 3.02. The van der Waals surface area contributed by atoms with E-state index < -0.39 is 0 Å². The summed E-state index contributed by atoms with van der Waals surface area (Å²) in [5.74, 6) is 1.95. The fourth-order valence-electron chi connectivity index (χ4n) is 4.44. The van der Waals surface area contributed by atoms with Crippen LogP contribution in [0.3, 0.4) is 0 Å². The highest BCUT2D eigenvalue weighted by atomic mass is 16.5. The van der Waals surface area contributed by atoms with E-state index in [-0.39, 0.29) is 0 Å². The van der Waals surface area contributed by atoms with Gasteiger partial charge in [-0.2, -0.15) is 0 Å². The second-order valence-corrected chi connectivity index (χ2v) is 8.81. The molecule has 0 aliphatic carbocycles. The predicted octanol–water partition coefficient (Wildman–Crippen LogP) is 6.61. The maximum Gasteiger partial charge on any atom is 0.135 e. The summed E-state index contributed by atoms with van der Waals surface area (Å²) in [4.78, 5) is 16.3. The number of nitrogens with zero attached hydrogens (tertiary/aromatic N) is 4. The number of anilines is 1. The maximum atomic E-state index is 6.10. The van der Waals surface area contributed by atoms with Crippen LogP contribution in [0.1, 0.15) is 56.0 Å². The molecule has 3 aromatic rings. The van der Waals surface area contributed by atoms with E-state index in [4.69, 9.17) is 9.73 Å². The molecule has 0 saturated heterocycles. The summed E-state index contributed by atoms with van der Waals surface area (Å²) < 4.78 is 6.10. The normalized spacial score (nSPS) is 14.0. The first-order chi connectivity index (χ1) is 16.0. The first kappa shape index (κ1) is 23.0. The van der Waals surface area contributed by atoms with Crippen LogP contribution in [0.2, 0.25) is 0 Å². The molecule has 0 amide bonds. The van der Waals surface area contributed by atoms with Crippen LogP contribution in [0.25, 0.3) is 11.1 Å². The smallest absolute Gasteiger partial charge is 0.135 e. The number of aromatic nitrogens is 2. The highest BCUT2D eigenvalue weighted by Crippen LogP contribution is 2.33. The Labute approximate surface area is 197 Å². The quantitative estimate of drug-likeness (QED) is 0.403. The lowest BCUT2D eigenvalue weighted by Gasteiger charge is -2.23. The first-order valence-corrected chi connectivity index (χ1v) is 12.0. The van der Waals surface area contributed by atoms with Gasteiger partial charge in [0.25, 0.3) is 0 Å². The van der Waals surface area contributed by atoms with Gasteiger partial charge in [0.1, 0.15) is 24.5 Å². The van der Waals surface area contributed by atoms with Crippen LogP contribution in [0, 0.1) is 13.8 Å². The SMILES string of the molecule is CCCC(C)=Nc1cc(-c2ccc3c(c2)CN(c2ncnc(CC)c2C)CCO3)ccc1C. The Morgan fingerprint density at radius 3 is 2.64 bits per heavy atom. The lowest BCUT2D eigenvalue weighted by Crippen LogP contribution is -2.27. The Kier molecular flexibility index (Phi) is 7.07. The summed E-state index contributed by atoms with van der Waals surface area (Å²) >= 11 is 0. The van der Waals surface area contributed by atoms with Crippen molar-refractivity contribution in [2.24, 2.45) is 4.99 Å². The van der Waals surface area contributed by atoms with Gasteiger partial charge in [-0.25, -0.2) is 9.97 Å². The topological polar surface area (TPSA) is 50.6 Å². The van der Waals surface area contributed by atoms with E-state index in [0.717, 1.165) is 60.9 Å². The zero-order valence-electron chi connectivity index (χ0n) is 20.5. The molecule has 1 aliphatic heterocycles. The number of aliphatic imine (C=N–C) groups is 1. The number of ether oxygens (including phenoxy) is 1. The Bertz CT molecular complexity index is 1170. The first-order valence-electron chi connectivity index (χ1n) is 12.0. The monoisotopic (exact) mass is 442 g/mol. The second kappa shape index (κ2) is 10.2. The van der Waals surface area contributed by atoms with Crippen molar-refractivity contribution in [2.45, 2.75) is 60.4 Å². The minimum absolute atomic E-state index is 0.636. The molecule has 0 spiro atoms. The molecule has 0 N–H and O–H groups in total. The second-order valence-electron chi connectivity index (χ2n) is 8.81. The van der Waals surface area contributed by atoms with E-state index in [0.29, 0.717) is 6.61 Å². The fourth-order valence-corrected chi connectivity index (χ4v) is 4.44. The van der Waals surface area contributed by atoms with Gasteiger partial charge in [0.05, 0.1) is 12.2 Å². The molecule has 2 heterocycles. The summed E-state index contributed by atoms with van der Waals surface area (Å²) in [6.45, 7) is 12.9. The minimum atomic E-state index is 0.636. The molecule has 4 rings (SSSR count). The Balaban J connectivity index is 1.67. The third kappa shape index (κ3) is 5.08. The summed E-state index contributed by atoms with van der Waals surface area (Å²) in [5, 5.41) is 0. The van der Waals surface area contributed by atoms with Crippen LogP contribution in [0.5, 0.6) is 5.75 Å². The molecule has 0 unspecified atom stereocenters. The van der Waals surface area contributed by atoms with Crippen molar-refractivity contribution in [1.82, 2.24) is 9.97 Å². The minimum Gasteiger partial charge on any atom is -0.491 e.